The third-order valence-corrected chi connectivity index (χ3v) is 9.09. The molecular formula is C48H77O9P. The predicted octanol–water partition coefficient (Wildman–Crippen LogP) is 12.0. The van der Waals surface area contributed by atoms with Gasteiger partial charge in [0.2, 0.25) is 0 Å². The van der Waals surface area contributed by atoms with E-state index in [1.54, 1.807) is 0 Å². The molecule has 0 aromatic heterocycles. The zero-order chi connectivity index (χ0) is 42.5. The smallest absolute Gasteiger partial charge is 0.457 e. The summed E-state index contributed by atoms with van der Waals surface area (Å²) in [4.78, 5) is 22.6. The Bertz CT molecular complexity index is 1310. The first kappa shape index (κ1) is 54.9. The first-order valence-corrected chi connectivity index (χ1v) is 23.0. The van der Waals surface area contributed by atoms with Crippen molar-refractivity contribution in [2.24, 2.45) is 0 Å². The maximum Gasteiger partial charge on any atom is 0.472 e. The molecule has 10 heteroatoms. The van der Waals surface area contributed by atoms with Gasteiger partial charge in [0.1, 0.15) is 12.2 Å². The number of carbonyl (C=O) groups is 1. The van der Waals surface area contributed by atoms with Crippen LogP contribution in [-0.4, -0.2) is 66.3 Å². The molecule has 0 bridgehead atoms. The van der Waals surface area contributed by atoms with Crippen molar-refractivity contribution in [1.82, 2.24) is 0 Å². The van der Waals surface area contributed by atoms with Crippen LogP contribution in [0.5, 0.6) is 0 Å². The van der Waals surface area contributed by atoms with Crippen molar-refractivity contribution in [2.75, 3.05) is 33.0 Å². The molecular weight excluding hydrogens is 751 g/mol. The van der Waals surface area contributed by atoms with Gasteiger partial charge in [0.15, 0.2) is 0 Å². The quantitative estimate of drug-likeness (QED) is 0.0240. The van der Waals surface area contributed by atoms with Crippen LogP contribution < -0.4 is 0 Å². The fourth-order valence-electron chi connectivity index (χ4n) is 4.95. The number of rotatable bonds is 39. The highest BCUT2D eigenvalue weighted by atomic mass is 31.2. The van der Waals surface area contributed by atoms with Crippen LogP contribution in [0.25, 0.3) is 0 Å². The summed E-state index contributed by atoms with van der Waals surface area (Å²) in [7, 11) is -4.55. The van der Waals surface area contributed by atoms with E-state index in [2.05, 4.69) is 135 Å². The molecule has 0 aliphatic carbocycles. The third kappa shape index (κ3) is 42.5. The molecule has 3 N–H and O–H groups in total. The number of phosphoric acid groups is 1. The van der Waals surface area contributed by atoms with Crippen molar-refractivity contribution >= 4 is 13.8 Å². The van der Waals surface area contributed by atoms with E-state index in [0.717, 1.165) is 103 Å². The van der Waals surface area contributed by atoms with Gasteiger partial charge in [-0.2, -0.15) is 0 Å². The Labute approximate surface area is 352 Å². The highest BCUT2D eigenvalue weighted by Crippen LogP contribution is 2.43. The summed E-state index contributed by atoms with van der Waals surface area (Å²) in [5.74, 6) is -0.432. The van der Waals surface area contributed by atoms with Gasteiger partial charge < -0.3 is 24.6 Å². The molecule has 0 rings (SSSR count). The monoisotopic (exact) mass is 829 g/mol. The second-order valence-corrected chi connectivity index (χ2v) is 15.0. The summed E-state index contributed by atoms with van der Waals surface area (Å²) >= 11 is 0. The van der Waals surface area contributed by atoms with Gasteiger partial charge in [0.25, 0.3) is 0 Å². The molecule has 0 spiro atoms. The van der Waals surface area contributed by atoms with Crippen molar-refractivity contribution in [1.29, 1.82) is 0 Å². The summed E-state index contributed by atoms with van der Waals surface area (Å²) in [5.41, 5.74) is 0. The van der Waals surface area contributed by atoms with Crippen molar-refractivity contribution in [3.63, 3.8) is 0 Å². The SMILES string of the molecule is CC/C=C\C/C=C\C/C=C\C/C=C\C/C=C\C/C=C\CCCCCCC(=O)OC(COCCC/C=C\C/C=C\C/C=C\C/C=C\CC)COP(=O)(O)OCC(O)CO. The average molecular weight is 829 g/mol. The van der Waals surface area contributed by atoms with Gasteiger partial charge in [-0.05, 0) is 96.3 Å². The van der Waals surface area contributed by atoms with Gasteiger partial charge in [-0.3, -0.25) is 13.8 Å². The lowest BCUT2D eigenvalue weighted by Gasteiger charge is -2.20. The Morgan fingerprint density at radius 2 is 0.931 bits per heavy atom. The molecule has 0 amide bonds. The Morgan fingerprint density at radius 3 is 1.38 bits per heavy atom. The number of phosphoric ester groups is 1. The zero-order valence-electron chi connectivity index (χ0n) is 35.7. The molecule has 328 valence electrons. The molecule has 0 heterocycles. The molecule has 58 heavy (non-hydrogen) atoms. The number of hydrogen-bond donors (Lipinski definition) is 3. The first-order chi connectivity index (χ1) is 28.3. The minimum atomic E-state index is -4.55. The van der Waals surface area contributed by atoms with Crippen molar-refractivity contribution < 1.29 is 43.0 Å². The van der Waals surface area contributed by atoms with Crippen molar-refractivity contribution in [3.8, 4) is 0 Å². The number of carbonyl (C=O) groups excluding carboxylic acids is 1. The topological polar surface area (TPSA) is 132 Å². The predicted molar refractivity (Wildman–Crippen MR) is 241 cm³/mol. The van der Waals surface area contributed by atoms with E-state index in [1.165, 1.54) is 0 Å². The molecule has 0 aliphatic heterocycles. The summed E-state index contributed by atoms with van der Waals surface area (Å²) in [6.07, 6.45) is 57.4. The lowest BCUT2D eigenvalue weighted by atomic mass is 10.1. The molecule has 3 unspecified atom stereocenters. The molecule has 0 fully saturated rings. The molecule has 0 radical (unpaired) electrons. The van der Waals surface area contributed by atoms with Gasteiger partial charge in [-0.1, -0.05) is 148 Å². The Kier molecular flexibility index (Phi) is 41.1. The summed E-state index contributed by atoms with van der Waals surface area (Å²) in [5, 5.41) is 18.3. The molecule has 0 saturated carbocycles. The summed E-state index contributed by atoms with van der Waals surface area (Å²) in [6.45, 7) is 3.05. The Balaban J connectivity index is 4.33. The number of aliphatic hydroxyl groups is 2. The van der Waals surface area contributed by atoms with Crippen LogP contribution in [0.2, 0.25) is 0 Å². The molecule has 0 aliphatic rings. The average Bonchev–Trinajstić information content (AvgIpc) is 3.21. The fraction of sp³-hybridized carbons (Fsp3) is 0.562. The molecule has 0 aromatic carbocycles. The standard InChI is InChI=1S/C48H77O9P/c1-3-5-7-9-11-13-15-17-19-20-21-22-23-24-25-26-27-28-30-32-34-36-38-40-48(51)57-47(45-56-58(52,53)55-43-46(50)42-49)44-54-41-39-37-35-33-31-29-18-16-14-12-10-8-6-4-2/h5-8,11-14,17-19,21-22,24-25,27-29,33,35,46-47,49-50H,3-4,9-10,15-16,20,23,26,30-32,34,36-45H2,1-2H3,(H,52,53)/b7-5-,8-6-,13-11-,14-12-,19-17-,22-21-,25-24-,28-27-,29-18-,35-33-. The lowest BCUT2D eigenvalue weighted by molar-refractivity contribution is -0.154. The van der Waals surface area contributed by atoms with Gasteiger partial charge in [0, 0.05) is 13.0 Å². The van der Waals surface area contributed by atoms with Crippen molar-refractivity contribution in [3.05, 3.63) is 122 Å². The highest BCUT2D eigenvalue weighted by Gasteiger charge is 2.26. The lowest BCUT2D eigenvalue weighted by Crippen LogP contribution is -2.29. The van der Waals surface area contributed by atoms with E-state index >= 15 is 0 Å². The number of esters is 1. The van der Waals surface area contributed by atoms with E-state index in [1.807, 2.05) is 0 Å². The number of unbranched alkanes of at least 4 members (excludes halogenated alkanes) is 5. The fourth-order valence-corrected chi connectivity index (χ4v) is 5.74. The minimum absolute atomic E-state index is 0.00876. The van der Waals surface area contributed by atoms with Gasteiger partial charge >= 0.3 is 13.8 Å². The zero-order valence-corrected chi connectivity index (χ0v) is 36.6. The maximum atomic E-state index is 12.6. The summed E-state index contributed by atoms with van der Waals surface area (Å²) < 4.78 is 33.2. The van der Waals surface area contributed by atoms with E-state index in [-0.39, 0.29) is 13.0 Å². The van der Waals surface area contributed by atoms with Gasteiger partial charge in [-0.25, -0.2) is 4.57 Å². The third-order valence-electron chi connectivity index (χ3n) is 8.14. The molecule has 0 aromatic rings. The normalized spacial score (nSPS) is 15.2. The van der Waals surface area contributed by atoms with E-state index in [9.17, 15) is 19.4 Å². The number of hydrogen-bond acceptors (Lipinski definition) is 8. The van der Waals surface area contributed by atoms with Crippen LogP contribution >= 0.6 is 7.82 Å². The number of aliphatic hydroxyl groups excluding tert-OH is 2. The Morgan fingerprint density at radius 1 is 0.534 bits per heavy atom. The number of ether oxygens (including phenoxy) is 2. The van der Waals surface area contributed by atoms with Crippen LogP contribution in [-0.2, 0) is 27.9 Å². The van der Waals surface area contributed by atoms with Gasteiger partial charge in [0.05, 0.1) is 26.4 Å². The van der Waals surface area contributed by atoms with Crippen LogP contribution in [0.3, 0.4) is 0 Å². The number of allylic oxidation sites excluding steroid dienone is 20. The van der Waals surface area contributed by atoms with Crippen LogP contribution in [0, 0.1) is 0 Å². The van der Waals surface area contributed by atoms with Crippen LogP contribution in [0.15, 0.2) is 122 Å². The van der Waals surface area contributed by atoms with E-state index < -0.39 is 45.8 Å². The van der Waals surface area contributed by atoms with Crippen LogP contribution in [0.1, 0.15) is 129 Å². The Hall–Kier alpha value is -3.14. The minimum Gasteiger partial charge on any atom is -0.457 e. The molecule has 9 nitrogen and oxygen atoms in total. The largest absolute Gasteiger partial charge is 0.472 e. The second kappa shape index (κ2) is 43.4. The second-order valence-electron chi connectivity index (χ2n) is 13.6. The van der Waals surface area contributed by atoms with E-state index in [0.29, 0.717) is 13.0 Å². The highest BCUT2D eigenvalue weighted by molar-refractivity contribution is 7.47. The van der Waals surface area contributed by atoms with Crippen molar-refractivity contribution in [2.45, 2.75) is 142 Å². The van der Waals surface area contributed by atoms with E-state index in [4.69, 9.17) is 23.6 Å². The molecule has 3 atom stereocenters. The first-order valence-electron chi connectivity index (χ1n) is 21.5. The maximum absolute atomic E-state index is 12.6. The summed E-state index contributed by atoms with van der Waals surface area (Å²) in [6, 6.07) is 0. The molecule has 0 saturated heterocycles. The van der Waals surface area contributed by atoms with Crippen LogP contribution in [0.4, 0.5) is 0 Å². The van der Waals surface area contributed by atoms with Gasteiger partial charge in [-0.15, -0.1) is 0 Å².